The highest BCUT2D eigenvalue weighted by Crippen LogP contribution is 2.19. The van der Waals surface area contributed by atoms with Crippen LogP contribution in [0, 0.1) is 6.92 Å². The van der Waals surface area contributed by atoms with E-state index in [2.05, 4.69) is 10.3 Å². The summed E-state index contributed by atoms with van der Waals surface area (Å²) in [4.78, 5) is 28.8. The Labute approximate surface area is 163 Å². The highest BCUT2D eigenvalue weighted by Gasteiger charge is 2.07. The van der Waals surface area contributed by atoms with Gasteiger partial charge in [0.2, 0.25) is 5.91 Å². The van der Waals surface area contributed by atoms with E-state index in [1.807, 2.05) is 62.4 Å². The Hall–Kier alpha value is -3.41. The second-order valence-electron chi connectivity index (χ2n) is 6.46. The normalized spacial score (nSPS) is 10.5. The maximum Gasteiger partial charge on any atom is 0.254 e. The molecule has 1 amide bonds. The number of aromatic nitrogens is 2. The Morgan fingerprint density at radius 1 is 1.11 bits per heavy atom. The van der Waals surface area contributed by atoms with E-state index in [0.29, 0.717) is 18.8 Å². The van der Waals surface area contributed by atoms with Crippen LogP contribution in [0.1, 0.15) is 18.1 Å². The van der Waals surface area contributed by atoms with Crippen LogP contribution in [-0.2, 0) is 17.9 Å². The van der Waals surface area contributed by atoms with Gasteiger partial charge in [-0.1, -0.05) is 29.8 Å². The number of carbonyl (C=O) groups excluding carboxylic acids is 1. The molecular weight excluding hydrogens is 354 g/mol. The summed E-state index contributed by atoms with van der Waals surface area (Å²) in [7, 11) is 0. The summed E-state index contributed by atoms with van der Waals surface area (Å²) in [5.74, 6) is 0.531. The second kappa shape index (κ2) is 8.99. The first kappa shape index (κ1) is 19.4. The number of hydrogen-bond donors (Lipinski definition) is 1. The lowest BCUT2D eigenvalue weighted by molar-refractivity contribution is -0.121. The SMILES string of the molecule is CCOc1ccc(-c2cc(=O)n(CC(=O)NCc3ccc(C)cc3)cn2)cc1. The maximum atomic E-state index is 12.3. The lowest BCUT2D eigenvalue weighted by Gasteiger charge is -2.09. The van der Waals surface area contributed by atoms with Gasteiger partial charge in [0.15, 0.2) is 0 Å². The number of benzene rings is 2. The van der Waals surface area contributed by atoms with Gasteiger partial charge in [0, 0.05) is 18.2 Å². The number of ether oxygens (including phenoxy) is 1. The molecule has 6 nitrogen and oxygen atoms in total. The van der Waals surface area contributed by atoms with E-state index in [1.54, 1.807) is 0 Å². The number of carbonyl (C=O) groups is 1. The van der Waals surface area contributed by atoms with Crippen molar-refractivity contribution >= 4 is 5.91 Å². The van der Waals surface area contributed by atoms with Gasteiger partial charge in [0.05, 0.1) is 18.6 Å². The highest BCUT2D eigenvalue weighted by atomic mass is 16.5. The first-order valence-corrected chi connectivity index (χ1v) is 9.17. The molecule has 3 aromatic rings. The molecule has 1 N–H and O–H groups in total. The van der Waals surface area contributed by atoms with Crippen molar-refractivity contribution in [1.29, 1.82) is 0 Å². The zero-order valence-electron chi connectivity index (χ0n) is 16.0. The highest BCUT2D eigenvalue weighted by molar-refractivity contribution is 5.75. The average molecular weight is 377 g/mol. The molecule has 0 unspecified atom stereocenters. The van der Waals surface area contributed by atoms with Gasteiger partial charge in [-0.25, -0.2) is 4.98 Å². The number of hydrogen-bond acceptors (Lipinski definition) is 4. The Bertz CT molecular complexity index is 993. The summed E-state index contributed by atoms with van der Waals surface area (Å²) in [6.45, 7) is 4.89. The third kappa shape index (κ3) is 5.07. The number of aryl methyl sites for hydroxylation is 1. The number of rotatable bonds is 7. The maximum absolute atomic E-state index is 12.3. The lowest BCUT2D eigenvalue weighted by Crippen LogP contribution is -2.31. The summed E-state index contributed by atoms with van der Waals surface area (Å²) in [5.41, 5.74) is 3.28. The molecule has 1 heterocycles. The first-order chi connectivity index (χ1) is 13.5. The third-order valence-corrected chi connectivity index (χ3v) is 4.26. The molecule has 0 atom stereocenters. The summed E-state index contributed by atoms with van der Waals surface area (Å²) in [6.07, 6.45) is 1.40. The van der Waals surface area contributed by atoms with Crippen molar-refractivity contribution in [1.82, 2.24) is 14.9 Å². The summed E-state index contributed by atoms with van der Waals surface area (Å²) < 4.78 is 6.71. The van der Waals surface area contributed by atoms with Crippen LogP contribution in [0.5, 0.6) is 5.75 Å². The number of amides is 1. The topological polar surface area (TPSA) is 73.2 Å². The van der Waals surface area contributed by atoms with Crippen molar-refractivity contribution in [2.75, 3.05) is 6.61 Å². The fourth-order valence-electron chi connectivity index (χ4n) is 2.71. The molecule has 1 aromatic heterocycles. The van der Waals surface area contributed by atoms with Crippen LogP contribution >= 0.6 is 0 Å². The van der Waals surface area contributed by atoms with E-state index in [-0.39, 0.29) is 18.0 Å². The number of nitrogens with zero attached hydrogens (tertiary/aromatic N) is 2. The summed E-state index contributed by atoms with van der Waals surface area (Å²) in [6, 6.07) is 16.7. The number of nitrogens with one attached hydrogen (secondary N) is 1. The minimum atomic E-state index is -0.274. The molecular formula is C22H23N3O3. The lowest BCUT2D eigenvalue weighted by atomic mass is 10.1. The smallest absolute Gasteiger partial charge is 0.254 e. The van der Waals surface area contributed by atoms with E-state index in [0.717, 1.165) is 16.9 Å². The monoisotopic (exact) mass is 377 g/mol. The van der Waals surface area contributed by atoms with E-state index < -0.39 is 0 Å². The minimum absolute atomic E-state index is 0.0682. The van der Waals surface area contributed by atoms with Gasteiger partial charge >= 0.3 is 0 Å². The largest absolute Gasteiger partial charge is 0.494 e. The Morgan fingerprint density at radius 3 is 2.46 bits per heavy atom. The summed E-state index contributed by atoms with van der Waals surface area (Å²) >= 11 is 0. The Kier molecular flexibility index (Phi) is 6.22. The van der Waals surface area contributed by atoms with Gasteiger partial charge in [-0.05, 0) is 43.7 Å². The van der Waals surface area contributed by atoms with E-state index in [9.17, 15) is 9.59 Å². The molecule has 0 aliphatic carbocycles. The van der Waals surface area contributed by atoms with E-state index in [1.165, 1.54) is 22.5 Å². The predicted molar refractivity (Wildman–Crippen MR) is 108 cm³/mol. The molecule has 0 saturated heterocycles. The van der Waals surface area contributed by atoms with Crippen LogP contribution in [-0.4, -0.2) is 22.1 Å². The third-order valence-electron chi connectivity index (χ3n) is 4.26. The van der Waals surface area contributed by atoms with Crippen LogP contribution in [0.15, 0.2) is 65.7 Å². The van der Waals surface area contributed by atoms with Crippen molar-refractivity contribution in [2.45, 2.75) is 26.9 Å². The Balaban J connectivity index is 1.62. The molecule has 0 saturated carbocycles. The predicted octanol–water partition coefficient (Wildman–Crippen LogP) is 2.93. The van der Waals surface area contributed by atoms with E-state index >= 15 is 0 Å². The van der Waals surface area contributed by atoms with Gasteiger partial charge in [0.1, 0.15) is 12.3 Å². The standard InChI is InChI=1S/C22H23N3O3/c1-3-28-19-10-8-18(9-11-19)20-12-22(27)25(15-24-20)14-21(26)23-13-17-6-4-16(2)5-7-17/h4-12,15H,3,13-14H2,1-2H3,(H,23,26). The van der Waals surface area contributed by atoms with Gasteiger partial charge in [0.25, 0.3) is 5.56 Å². The molecule has 0 aliphatic rings. The van der Waals surface area contributed by atoms with Crippen LogP contribution in [0.3, 0.4) is 0 Å². The molecule has 28 heavy (non-hydrogen) atoms. The van der Waals surface area contributed by atoms with Crippen molar-refractivity contribution in [3.05, 3.63) is 82.4 Å². The van der Waals surface area contributed by atoms with Crippen LogP contribution < -0.4 is 15.6 Å². The molecule has 3 rings (SSSR count). The molecule has 2 aromatic carbocycles. The zero-order chi connectivity index (χ0) is 19.9. The second-order valence-corrected chi connectivity index (χ2v) is 6.46. The summed E-state index contributed by atoms with van der Waals surface area (Å²) in [5, 5.41) is 2.82. The van der Waals surface area contributed by atoms with Gasteiger partial charge in [-0.3, -0.25) is 14.2 Å². The fourth-order valence-corrected chi connectivity index (χ4v) is 2.71. The Morgan fingerprint density at radius 2 is 1.82 bits per heavy atom. The minimum Gasteiger partial charge on any atom is -0.494 e. The molecule has 0 bridgehead atoms. The van der Waals surface area contributed by atoms with E-state index in [4.69, 9.17) is 4.74 Å². The van der Waals surface area contributed by atoms with Crippen LogP contribution in [0.25, 0.3) is 11.3 Å². The van der Waals surface area contributed by atoms with Gasteiger partial charge < -0.3 is 10.1 Å². The van der Waals surface area contributed by atoms with Gasteiger partial charge in [-0.2, -0.15) is 0 Å². The zero-order valence-corrected chi connectivity index (χ0v) is 16.0. The molecule has 0 spiro atoms. The van der Waals surface area contributed by atoms with Crippen molar-refractivity contribution in [3.63, 3.8) is 0 Å². The molecule has 0 radical (unpaired) electrons. The van der Waals surface area contributed by atoms with Crippen LogP contribution in [0.2, 0.25) is 0 Å². The van der Waals surface area contributed by atoms with Crippen molar-refractivity contribution < 1.29 is 9.53 Å². The fraction of sp³-hybridized carbons (Fsp3) is 0.227. The molecule has 0 fully saturated rings. The molecule has 0 aliphatic heterocycles. The van der Waals surface area contributed by atoms with Gasteiger partial charge in [-0.15, -0.1) is 0 Å². The average Bonchev–Trinajstić information content (AvgIpc) is 2.70. The first-order valence-electron chi connectivity index (χ1n) is 9.17. The molecule has 144 valence electrons. The van der Waals surface area contributed by atoms with Crippen molar-refractivity contribution in [2.24, 2.45) is 0 Å². The van der Waals surface area contributed by atoms with Crippen LogP contribution in [0.4, 0.5) is 0 Å². The molecule has 6 heteroatoms. The van der Waals surface area contributed by atoms with Crippen molar-refractivity contribution in [3.8, 4) is 17.0 Å². The quantitative estimate of drug-likeness (QED) is 0.687.